The summed E-state index contributed by atoms with van der Waals surface area (Å²) in [6, 6.07) is 6.08. The van der Waals surface area contributed by atoms with Gasteiger partial charge in [-0.25, -0.2) is 0 Å². The molecule has 1 fully saturated rings. The molecule has 6 nitrogen and oxygen atoms in total. The van der Waals surface area contributed by atoms with Gasteiger partial charge in [-0.15, -0.1) is 0 Å². The third-order valence-corrected chi connectivity index (χ3v) is 2.76. The van der Waals surface area contributed by atoms with Crippen LogP contribution in [0, 0.1) is 10.1 Å². The molecule has 1 saturated heterocycles. The minimum Gasteiger partial charge on any atom is -0.426 e. The van der Waals surface area contributed by atoms with Gasteiger partial charge in [0.05, 0.1) is 10.5 Å². The lowest BCUT2D eigenvalue weighted by Gasteiger charge is -2.00. The highest BCUT2D eigenvalue weighted by atomic mass is 32.1. The standard InChI is InChI=1S/C11H8N2O4S/c1-12-10(14)9(17-11(12)18)6-7-4-2-3-5-8(7)13(15)16/h2-6H,1H3/b9-6-. The van der Waals surface area contributed by atoms with Gasteiger partial charge in [-0.1, -0.05) is 12.1 Å². The number of para-hydroxylation sites is 1. The summed E-state index contributed by atoms with van der Waals surface area (Å²) in [6.45, 7) is 0. The molecule has 0 aliphatic carbocycles. The summed E-state index contributed by atoms with van der Waals surface area (Å²) in [4.78, 5) is 23.1. The Bertz CT molecular complexity index is 582. The second kappa shape index (κ2) is 4.53. The quantitative estimate of drug-likeness (QED) is 0.352. The highest BCUT2D eigenvalue weighted by molar-refractivity contribution is 7.80. The monoisotopic (exact) mass is 264 g/mol. The van der Waals surface area contributed by atoms with Crippen LogP contribution in [0.15, 0.2) is 30.0 Å². The normalized spacial score (nSPS) is 17.2. The van der Waals surface area contributed by atoms with Crippen LogP contribution in [-0.4, -0.2) is 28.0 Å². The van der Waals surface area contributed by atoms with E-state index >= 15 is 0 Å². The summed E-state index contributed by atoms with van der Waals surface area (Å²) in [6.07, 6.45) is 1.32. The maximum Gasteiger partial charge on any atom is 0.296 e. The smallest absolute Gasteiger partial charge is 0.296 e. The van der Waals surface area contributed by atoms with Crippen molar-refractivity contribution in [1.82, 2.24) is 4.90 Å². The van der Waals surface area contributed by atoms with Gasteiger partial charge >= 0.3 is 0 Å². The first-order valence-electron chi connectivity index (χ1n) is 4.95. The Morgan fingerprint density at radius 1 is 1.44 bits per heavy atom. The third-order valence-electron chi connectivity index (χ3n) is 2.41. The van der Waals surface area contributed by atoms with Gasteiger partial charge in [0.25, 0.3) is 16.8 Å². The maximum atomic E-state index is 11.7. The van der Waals surface area contributed by atoms with Gasteiger partial charge in [0.2, 0.25) is 0 Å². The molecule has 0 spiro atoms. The number of nitro groups is 1. The van der Waals surface area contributed by atoms with Crippen LogP contribution in [0.25, 0.3) is 6.08 Å². The molecular weight excluding hydrogens is 256 g/mol. The minimum absolute atomic E-state index is 0.0169. The number of rotatable bonds is 2. The maximum absolute atomic E-state index is 11.7. The van der Waals surface area contributed by atoms with E-state index in [1.165, 1.54) is 25.3 Å². The molecule has 7 heteroatoms. The molecule has 1 aromatic rings. The molecule has 1 aliphatic rings. The molecular formula is C11H8N2O4S. The summed E-state index contributed by atoms with van der Waals surface area (Å²) < 4.78 is 5.07. The summed E-state index contributed by atoms with van der Waals surface area (Å²) in [5, 5.41) is 10.9. The number of thiocarbonyl (C=S) groups is 1. The molecule has 1 amide bonds. The first-order valence-corrected chi connectivity index (χ1v) is 5.36. The van der Waals surface area contributed by atoms with Crippen LogP contribution >= 0.6 is 12.2 Å². The first kappa shape index (κ1) is 12.2. The van der Waals surface area contributed by atoms with E-state index in [4.69, 9.17) is 17.0 Å². The summed E-state index contributed by atoms with van der Waals surface area (Å²) >= 11 is 4.80. The number of ether oxygens (including phenoxy) is 1. The van der Waals surface area contributed by atoms with Crippen LogP contribution in [0.4, 0.5) is 5.69 Å². The Morgan fingerprint density at radius 3 is 2.67 bits per heavy atom. The van der Waals surface area contributed by atoms with Crippen molar-refractivity contribution in [2.24, 2.45) is 0 Å². The van der Waals surface area contributed by atoms with Gasteiger partial charge in [-0.3, -0.25) is 19.8 Å². The second-order valence-corrected chi connectivity index (χ2v) is 3.91. The first-order chi connectivity index (χ1) is 8.50. The van der Waals surface area contributed by atoms with Gasteiger partial charge in [0.1, 0.15) is 0 Å². The van der Waals surface area contributed by atoms with Crippen molar-refractivity contribution in [2.45, 2.75) is 0 Å². The third kappa shape index (κ3) is 2.07. The van der Waals surface area contributed by atoms with Gasteiger partial charge < -0.3 is 4.74 Å². The van der Waals surface area contributed by atoms with Crippen molar-refractivity contribution >= 4 is 35.1 Å². The van der Waals surface area contributed by atoms with Crippen LogP contribution in [0.1, 0.15) is 5.56 Å². The SMILES string of the molecule is CN1C(=O)/C(=C/c2ccccc2[N+](=O)[O-])OC1=S. The lowest BCUT2D eigenvalue weighted by molar-refractivity contribution is -0.385. The average molecular weight is 264 g/mol. The topological polar surface area (TPSA) is 72.7 Å². The van der Waals surface area contributed by atoms with Gasteiger partial charge in [-0.2, -0.15) is 0 Å². The van der Waals surface area contributed by atoms with E-state index in [1.54, 1.807) is 12.1 Å². The number of nitrogens with zero attached hydrogens (tertiary/aromatic N) is 2. The Balaban J connectivity index is 2.43. The molecule has 2 rings (SSSR count). The molecule has 1 heterocycles. The van der Waals surface area contributed by atoms with Crippen molar-refractivity contribution in [3.8, 4) is 0 Å². The highest BCUT2D eigenvalue weighted by Crippen LogP contribution is 2.24. The summed E-state index contributed by atoms with van der Waals surface area (Å²) in [5.41, 5.74) is 0.200. The summed E-state index contributed by atoms with van der Waals surface area (Å²) in [5.74, 6) is -0.435. The number of amides is 1. The molecule has 1 aliphatic heterocycles. The lowest BCUT2D eigenvalue weighted by atomic mass is 10.1. The van der Waals surface area contributed by atoms with Crippen molar-refractivity contribution in [3.05, 3.63) is 45.7 Å². The van der Waals surface area contributed by atoms with Crippen molar-refractivity contribution in [2.75, 3.05) is 7.05 Å². The van der Waals surface area contributed by atoms with E-state index in [-0.39, 0.29) is 16.6 Å². The molecule has 1 aromatic carbocycles. The molecule has 0 aromatic heterocycles. The number of hydrogen-bond donors (Lipinski definition) is 0. The molecule has 0 unspecified atom stereocenters. The Hall–Kier alpha value is -2.28. The number of likely N-dealkylation sites (N-methyl/N-ethyl adjacent to an activating group) is 1. The molecule has 0 N–H and O–H groups in total. The lowest BCUT2D eigenvalue weighted by Crippen LogP contribution is -2.22. The molecule has 0 radical (unpaired) electrons. The largest absolute Gasteiger partial charge is 0.426 e. The van der Waals surface area contributed by atoms with Gasteiger partial charge in [0, 0.05) is 19.2 Å². The fourth-order valence-electron chi connectivity index (χ4n) is 1.46. The number of nitro benzene ring substituents is 1. The zero-order valence-corrected chi connectivity index (χ0v) is 10.1. The van der Waals surface area contributed by atoms with Crippen LogP contribution in [0.3, 0.4) is 0 Å². The molecule has 0 atom stereocenters. The molecule has 92 valence electrons. The van der Waals surface area contributed by atoms with Crippen LogP contribution in [-0.2, 0) is 9.53 Å². The number of carbonyl (C=O) groups is 1. The van der Waals surface area contributed by atoms with E-state index in [0.29, 0.717) is 5.56 Å². The number of carbonyl (C=O) groups excluding carboxylic acids is 1. The van der Waals surface area contributed by atoms with Crippen LogP contribution in [0.2, 0.25) is 0 Å². The zero-order chi connectivity index (χ0) is 13.3. The van der Waals surface area contributed by atoms with E-state index in [2.05, 4.69) is 0 Å². The Morgan fingerprint density at radius 2 is 2.11 bits per heavy atom. The molecule has 18 heavy (non-hydrogen) atoms. The van der Waals surface area contributed by atoms with Crippen molar-refractivity contribution < 1.29 is 14.5 Å². The zero-order valence-electron chi connectivity index (χ0n) is 9.32. The summed E-state index contributed by atoms with van der Waals surface area (Å²) in [7, 11) is 1.48. The predicted octanol–water partition coefficient (Wildman–Crippen LogP) is 1.71. The molecule has 0 bridgehead atoms. The second-order valence-electron chi connectivity index (χ2n) is 3.56. The predicted molar refractivity (Wildman–Crippen MR) is 67.5 cm³/mol. The Kier molecular flexibility index (Phi) is 3.07. The van der Waals surface area contributed by atoms with Gasteiger partial charge in [0.15, 0.2) is 5.76 Å². The van der Waals surface area contributed by atoms with Crippen molar-refractivity contribution in [1.29, 1.82) is 0 Å². The van der Waals surface area contributed by atoms with E-state index in [9.17, 15) is 14.9 Å². The fourth-order valence-corrected chi connectivity index (χ4v) is 1.64. The number of benzene rings is 1. The average Bonchev–Trinajstić information content (AvgIpc) is 2.57. The van der Waals surface area contributed by atoms with Crippen molar-refractivity contribution in [3.63, 3.8) is 0 Å². The Labute approximate surface area is 108 Å². The van der Waals surface area contributed by atoms with Crippen LogP contribution < -0.4 is 0 Å². The van der Waals surface area contributed by atoms with E-state index < -0.39 is 10.8 Å². The van der Waals surface area contributed by atoms with Crippen LogP contribution in [0.5, 0.6) is 0 Å². The molecule has 0 saturated carbocycles. The van der Waals surface area contributed by atoms with Gasteiger partial charge in [-0.05, 0) is 18.3 Å². The van der Waals surface area contributed by atoms with E-state index in [1.807, 2.05) is 0 Å². The fraction of sp³-hybridized carbons (Fsp3) is 0.0909. The number of hydrogen-bond acceptors (Lipinski definition) is 5. The van der Waals surface area contributed by atoms with E-state index in [0.717, 1.165) is 4.90 Å². The highest BCUT2D eigenvalue weighted by Gasteiger charge is 2.30. The minimum atomic E-state index is -0.520.